The molecule has 0 unspecified atom stereocenters. The number of nitrogens with one attached hydrogen (secondary N) is 1. The Hall–Kier alpha value is -2.36. The molecule has 0 saturated heterocycles. The van der Waals surface area contributed by atoms with Gasteiger partial charge in [-0.15, -0.1) is 0 Å². The molecule has 4 nitrogen and oxygen atoms in total. The SMILES string of the molecule is CCN(CC)c1ccc(/C=N/Nc2ccccn2)cc1. The number of pyridine rings is 1. The minimum absolute atomic E-state index is 0.739. The lowest BCUT2D eigenvalue weighted by atomic mass is 10.2. The minimum atomic E-state index is 0.739. The Kier molecular flexibility index (Phi) is 5.12. The van der Waals surface area contributed by atoms with E-state index in [-0.39, 0.29) is 0 Å². The maximum absolute atomic E-state index is 4.18. The maximum atomic E-state index is 4.18. The van der Waals surface area contributed by atoms with E-state index in [1.165, 1.54) is 5.69 Å². The largest absolute Gasteiger partial charge is 0.372 e. The predicted molar refractivity (Wildman–Crippen MR) is 85.5 cm³/mol. The lowest BCUT2D eigenvalue weighted by Gasteiger charge is -2.20. The Balaban J connectivity index is 1.97. The highest BCUT2D eigenvalue weighted by molar-refractivity contribution is 5.80. The van der Waals surface area contributed by atoms with Gasteiger partial charge in [-0.1, -0.05) is 18.2 Å². The summed E-state index contributed by atoms with van der Waals surface area (Å²) >= 11 is 0. The third-order valence-electron chi connectivity index (χ3n) is 3.08. The van der Waals surface area contributed by atoms with E-state index in [0.29, 0.717) is 0 Å². The summed E-state index contributed by atoms with van der Waals surface area (Å²) in [5.74, 6) is 0.739. The lowest BCUT2D eigenvalue weighted by Crippen LogP contribution is -2.21. The zero-order chi connectivity index (χ0) is 14.2. The molecule has 4 heteroatoms. The van der Waals surface area contributed by atoms with Gasteiger partial charge in [0.1, 0.15) is 5.82 Å². The normalized spacial score (nSPS) is 10.7. The number of hydrogen-bond acceptors (Lipinski definition) is 4. The predicted octanol–water partition coefficient (Wildman–Crippen LogP) is 3.37. The Morgan fingerprint density at radius 2 is 1.85 bits per heavy atom. The molecule has 1 aromatic heterocycles. The molecule has 0 fully saturated rings. The molecule has 104 valence electrons. The van der Waals surface area contributed by atoms with Crippen LogP contribution in [0.2, 0.25) is 0 Å². The monoisotopic (exact) mass is 268 g/mol. The highest BCUT2D eigenvalue weighted by Gasteiger charge is 2.00. The minimum Gasteiger partial charge on any atom is -0.372 e. The van der Waals surface area contributed by atoms with Crippen LogP contribution in [0.4, 0.5) is 11.5 Å². The quantitative estimate of drug-likeness (QED) is 0.645. The van der Waals surface area contributed by atoms with Crippen molar-refractivity contribution in [2.45, 2.75) is 13.8 Å². The van der Waals surface area contributed by atoms with Gasteiger partial charge >= 0.3 is 0 Å². The van der Waals surface area contributed by atoms with Gasteiger partial charge < -0.3 is 4.90 Å². The summed E-state index contributed by atoms with van der Waals surface area (Å²) in [5, 5.41) is 4.18. The van der Waals surface area contributed by atoms with Crippen LogP contribution in [0.15, 0.2) is 53.8 Å². The lowest BCUT2D eigenvalue weighted by molar-refractivity contribution is 0.866. The van der Waals surface area contributed by atoms with Crippen molar-refractivity contribution in [3.05, 3.63) is 54.2 Å². The fourth-order valence-corrected chi connectivity index (χ4v) is 1.96. The van der Waals surface area contributed by atoms with E-state index in [1.54, 1.807) is 12.4 Å². The summed E-state index contributed by atoms with van der Waals surface area (Å²) in [6, 6.07) is 14.0. The Morgan fingerprint density at radius 3 is 2.45 bits per heavy atom. The average molecular weight is 268 g/mol. The van der Waals surface area contributed by atoms with Gasteiger partial charge in [0.15, 0.2) is 0 Å². The molecule has 2 rings (SSSR count). The van der Waals surface area contributed by atoms with Crippen molar-refractivity contribution in [2.24, 2.45) is 5.10 Å². The molecule has 2 aromatic rings. The molecule has 0 bridgehead atoms. The molecule has 0 aliphatic carbocycles. The van der Waals surface area contributed by atoms with Crippen molar-refractivity contribution in [3.63, 3.8) is 0 Å². The van der Waals surface area contributed by atoms with Crippen molar-refractivity contribution in [1.82, 2.24) is 4.98 Å². The first kappa shape index (κ1) is 14.1. The second-order valence-corrected chi connectivity index (χ2v) is 4.35. The fraction of sp³-hybridized carbons (Fsp3) is 0.250. The van der Waals surface area contributed by atoms with Gasteiger partial charge in [0.05, 0.1) is 6.21 Å². The van der Waals surface area contributed by atoms with E-state index in [4.69, 9.17) is 0 Å². The molecular formula is C16H20N4. The highest BCUT2D eigenvalue weighted by Crippen LogP contribution is 2.14. The van der Waals surface area contributed by atoms with Crippen LogP contribution >= 0.6 is 0 Å². The van der Waals surface area contributed by atoms with Crippen LogP contribution in [0.3, 0.4) is 0 Å². The third-order valence-corrected chi connectivity index (χ3v) is 3.08. The van der Waals surface area contributed by atoms with E-state index >= 15 is 0 Å². The topological polar surface area (TPSA) is 40.5 Å². The molecule has 0 aliphatic heterocycles. The van der Waals surface area contributed by atoms with Gasteiger partial charge in [0.2, 0.25) is 0 Å². The molecule has 20 heavy (non-hydrogen) atoms. The van der Waals surface area contributed by atoms with Crippen LogP contribution in [0.1, 0.15) is 19.4 Å². The van der Waals surface area contributed by atoms with E-state index in [1.807, 2.05) is 18.2 Å². The molecule has 1 aromatic carbocycles. The molecule has 0 saturated carbocycles. The Bertz CT molecular complexity index is 530. The molecule has 0 spiro atoms. The Morgan fingerprint density at radius 1 is 1.10 bits per heavy atom. The van der Waals surface area contributed by atoms with E-state index in [9.17, 15) is 0 Å². The van der Waals surface area contributed by atoms with Crippen molar-refractivity contribution < 1.29 is 0 Å². The highest BCUT2D eigenvalue weighted by atomic mass is 15.3. The fourth-order valence-electron chi connectivity index (χ4n) is 1.96. The van der Waals surface area contributed by atoms with Gasteiger partial charge in [0.25, 0.3) is 0 Å². The number of hydrogen-bond donors (Lipinski definition) is 1. The molecule has 0 radical (unpaired) electrons. The van der Waals surface area contributed by atoms with Crippen molar-refractivity contribution in [2.75, 3.05) is 23.4 Å². The van der Waals surface area contributed by atoms with Crippen LogP contribution in [0, 0.1) is 0 Å². The van der Waals surface area contributed by atoms with Crippen LogP contribution in [-0.2, 0) is 0 Å². The zero-order valence-electron chi connectivity index (χ0n) is 12.0. The standard InChI is InChI=1S/C16H20N4/c1-3-20(4-2)15-10-8-14(9-11-15)13-18-19-16-7-5-6-12-17-16/h5-13H,3-4H2,1-2H3,(H,17,19)/b18-13+. The number of anilines is 2. The summed E-state index contributed by atoms with van der Waals surface area (Å²) < 4.78 is 0. The molecule has 1 N–H and O–H groups in total. The zero-order valence-corrected chi connectivity index (χ0v) is 12.0. The number of benzene rings is 1. The number of hydrazone groups is 1. The van der Waals surface area contributed by atoms with Gasteiger partial charge in [-0.2, -0.15) is 5.10 Å². The number of aromatic nitrogens is 1. The van der Waals surface area contributed by atoms with Crippen LogP contribution < -0.4 is 10.3 Å². The summed E-state index contributed by atoms with van der Waals surface area (Å²) in [6.45, 7) is 6.36. The first-order valence-corrected chi connectivity index (χ1v) is 6.88. The summed E-state index contributed by atoms with van der Waals surface area (Å²) in [6.07, 6.45) is 3.53. The van der Waals surface area contributed by atoms with Crippen molar-refractivity contribution in [3.8, 4) is 0 Å². The second-order valence-electron chi connectivity index (χ2n) is 4.35. The van der Waals surface area contributed by atoms with Gasteiger partial charge in [0, 0.05) is 25.0 Å². The first-order valence-electron chi connectivity index (χ1n) is 6.88. The smallest absolute Gasteiger partial charge is 0.146 e. The molecular weight excluding hydrogens is 248 g/mol. The number of rotatable bonds is 6. The van der Waals surface area contributed by atoms with Crippen LogP contribution in [0.25, 0.3) is 0 Å². The van der Waals surface area contributed by atoms with Crippen molar-refractivity contribution >= 4 is 17.7 Å². The molecule has 0 atom stereocenters. The Labute approximate surface area is 120 Å². The summed E-state index contributed by atoms with van der Waals surface area (Å²) in [7, 11) is 0. The second kappa shape index (κ2) is 7.28. The molecule has 0 aliphatic rings. The maximum Gasteiger partial charge on any atom is 0.146 e. The van der Waals surface area contributed by atoms with Gasteiger partial charge in [-0.25, -0.2) is 4.98 Å². The average Bonchev–Trinajstić information content (AvgIpc) is 2.51. The van der Waals surface area contributed by atoms with E-state index < -0.39 is 0 Å². The van der Waals surface area contributed by atoms with Gasteiger partial charge in [-0.05, 0) is 43.7 Å². The van der Waals surface area contributed by atoms with Crippen LogP contribution in [0.5, 0.6) is 0 Å². The molecule has 0 amide bonds. The number of nitrogens with zero attached hydrogens (tertiary/aromatic N) is 3. The van der Waals surface area contributed by atoms with E-state index in [0.717, 1.165) is 24.5 Å². The van der Waals surface area contributed by atoms with Gasteiger partial charge in [-0.3, -0.25) is 5.43 Å². The third kappa shape index (κ3) is 3.82. The van der Waals surface area contributed by atoms with Crippen LogP contribution in [-0.4, -0.2) is 24.3 Å². The summed E-state index contributed by atoms with van der Waals surface area (Å²) in [4.78, 5) is 6.45. The molecule has 1 heterocycles. The van der Waals surface area contributed by atoms with Crippen molar-refractivity contribution in [1.29, 1.82) is 0 Å². The van der Waals surface area contributed by atoms with E-state index in [2.05, 4.69) is 58.5 Å². The summed E-state index contributed by atoms with van der Waals surface area (Å²) in [5.41, 5.74) is 5.20. The first-order chi connectivity index (χ1) is 9.83.